The van der Waals surface area contributed by atoms with E-state index in [1.165, 1.54) is 30.7 Å². The zero-order valence-electron chi connectivity index (χ0n) is 23.3. The molecule has 3 heterocycles. The summed E-state index contributed by atoms with van der Waals surface area (Å²) >= 11 is 0. The minimum atomic E-state index is -4.57. The number of carbonyl (C=O) groups is 2. The lowest BCUT2D eigenvalue weighted by Crippen LogP contribution is -2.52. The number of pyridine rings is 1. The Kier molecular flexibility index (Phi) is 8.61. The fraction of sp³-hybridized carbons (Fsp3) is 0.393. The zero-order valence-corrected chi connectivity index (χ0v) is 23.3. The number of nitriles is 1. The first kappa shape index (κ1) is 31.2. The number of likely N-dealkylation sites (tertiary alicyclic amines) is 1. The maximum atomic E-state index is 15.1. The molecule has 1 aromatic carbocycles. The number of hydrogen-bond acceptors (Lipinski definition) is 7. The molecule has 1 aliphatic rings. The first-order chi connectivity index (χ1) is 20.1. The summed E-state index contributed by atoms with van der Waals surface area (Å²) in [5.41, 5.74) is -1.25. The fourth-order valence-electron chi connectivity index (χ4n) is 4.32. The van der Waals surface area contributed by atoms with Gasteiger partial charge in [-0.3, -0.25) is 14.5 Å². The van der Waals surface area contributed by atoms with E-state index in [9.17, 15) is 28.0 Å². The molecule has 4 rings (SSSR count). The van der Waals surface area contributed by atoms with Crippen LogP contribution in [0, 0.1) is 11.3 Å². The average Bonchev–Trinajstić information content (AvgIpc) is 3.39. The summed E-state index contributed by atoms with van der Waals surface area (Å²) < 4.78 is 80.2. The van der Waals surface area contributed by atoms with E-state index in [4.69, 9.17) is 9.47 Å². The first-order valence-corrected chi connectivity index (χ1v) is 13.0. The molecule has 43 heavy (non-hydrogen) atoms. The quantitative estimate of drug-likeness (QED) is 0.359. The van der Waals surface area contributed by atoms with Crippen molar-refractivity contribution < 1.29 is 41.0 Å². The summed E-state index contributed by atoms with van der Waals surface area (Å²) in [6, 6.07) is 5.92. The SMILES string of the molecule is CC(C)(C)OC(=O)N1CCC(n2cc(-c3ncc(NC(=O)COc4cccc(C(F)(F)F)c4)cc3C#N)cn2)C(F)(F)C1. The van der Waals surface area contributed by atoms with E-state index in [2.05, 4.69) is 15.4 Å². The number of halogens is 5. The Labute approximate surface area is 243 Å². The minimum Gasteiger partial charge on any atom is -0.484 e. The number of ether oxygens (including phenoxy) is 2. The molecule has 0 aliphatic carbocycles. The van der Waals surface area contributed by atoms with Crippen LogP contribution in [0.2, 0.25) is 0 Å². The van der Waals surface area contributed by atoms with Gasteiger partial charge in [0.15, 0.2) is 6.61 Å². The Morgan fingerprint density at radius 2 is 1.93 bits per heavy atom. The first-order valence-electron chi connectivity index (χ1n) is 13.0. The molecule has 2 amide bonds. The molecule has 1 saturated heterocycles. The highest BCUT2D eigenvalue weighted by atomic mass is 19.4. The van der Waals surface area contributed by atoms with E-state index in [1.807, 2.05) is 6.07 Å². The van der Waals surface area contributed by atoms with Gasteiger partial charge in [0.05, 0.1) is 41.4 Å². The lowest BCUT2D eigenvalue weighted by atomic mass is 10.0. The standard InChI is InChI=1S/C28H27F5N6O4/c1-26(2,3)43-25(41)38-8-7-22(27(29,30)16-38)39-14-18(12-36-39)24-17(11-34)9-20(13-35-24)37-23(40)15-42-21-6-4-5-19(10-21)28(31,32)33/h4-6,9-10,12-14,22H,7-8,15-16H2,1-3H3,(H,37,40). The molecule has 0 bridgehead atoms. The Morgan fingerprint density at radius 1 is 1.19 bits per heavy atom. The third kappa shape index (κ3) is 7.76. The molecule has 1 atom stereocenters. The van der Waals surface area contributed by atoms with Gasteiger partial charge in [-0.2, -0.15) is 23.5 Å². The van der Waals surface area contributed by atoms with Crippen molar-refractivity contribution in [1.82, 2.24) is 19.7 Å². The summed E-state index contributed by atoms with van der Waals surface area (Å²) in [6.45, 7) is 3.49. The number of piperidine rings is 1. The van der Waals surface area contributed by atoms with Gasteiger partial charge in [-0.15, -0.1) is 0 Å². The Morgan fingerprint density at radius 3 is 2.58 bits per heavy atom. The van der Waals surface area contributed by atoms with Crippen LogP contribution in [0.3, 0.4) is 0 Å². The van der Waals surface area contributed by atoms with Crippen LogP contribution in [0.4, 0.5) is 32.4 Å². The minimum absolute atomic E-state index is 0.00246. The number of rotatable bonds is 6. The lowest BCUT2D eigenvalue weighted by Gasteiger charge is -2.38. The van der Waals surface area contributed by atoms with Crippen LogP contribution in [0.1, 0.15) is 44.4 Å². The van der Waals surface area contributed by atoms with Crippen LogP contribution in [-0.2, 0) is 15.7 Å². The van der Waals surface area contributed by atoms with Gasteiger partial charge >= 0.3 is 12.3 Å². The molecule has 1 aliphatic heterocycles. The summed E-state index contributed by atoms with van der Waals surface area (Å²) in [5.74, 6) is -4.20. The smallest absolute Gasteiger partial charge is 0.416 e. The number of alkyl halides is 5. The van der Waals surface area contributed by atoms with E-state index in [-0.39, 0.29) is 41.2 Å². The number of nitrogens with zero attached hydrogens (tertiary/aromatic N) is 5. The van der Waals surface area contributed by atoms with Gasteiger partial charge in [0.1, 0.15) is 23.5 Å². The van der Waals surface area contributed by atoms with Gasteiger partial charge in [-0.25, -0.2) is 13.6 Å². The van der Waals surface area contributed by atoms with Crippen LogP contribution in [0.25, 0.3) is 11.3 Å². The molecule has 15 heteroatoms. The van der Waals surface area contributed by atoms with Crippen LogP contribution < -0.4 is 10.1 Å². The van der Waals surface area contributed by atoms with Gasteiger partial charge in [-0.05, 0) is 51.5 Å². The molecule has 0 radical (unpaired) electrons. The van der Waals surface area contributed by atoms with Gasteiger partial charge in [0.25, 0.3) is 11.8 Å². The van der Waals surface area contributed by atoms with E-state index in [1.54, 1.807) is 20.8 Å². The highest BCUT2D eigenvalue weighted by Crippen LogP contribution is 2.38. The van der Waals surface area contributed by atoms with E-state index >= 15 is 8.78 Å². The molecule has 0 spiro atoms. The normalized spacial score (nSPS) is 16.7. The second-order valence-electron chi connectivity index (χ2n) is 10.8. The maximum absolute atomic E-state index is 15.1. The van der Waals surface area contributed by atoms with E-state index in [0.717, 1.165) is 27.8 Å². The van der Waals surface area contributed by atoms with Crippen molar-refractivity contribution in [2.24, 2.45) is 0 Å². The largest absolute Gasteiger partial charge is 0.484 e. The predicted molar refractivity (Wildman–Crippen MR) is 142 cm³/mol. The second-order valence-corrected chi connectivity index (χ2v) is 10.8. The number of anilines is 1. The number of hydrogen-bond donors (Lipinski definition) is 1. The van der Waals surface area contributed by atoms with Crippen molar-refractivity contribution in [2.75, 3.05) is 25.0 Å². The molecule has 1 unspecified atom stereocenters. The van der Waals surface area contributed by atoms with Crippen molar-refractivity contribution in [3.8, 4) is 23.1 Å². The summed E-state index contributed by atoms with van der Waals surface area (Å²) in [7, 11) is 0. The Balaban J connectivity index is 1.41. The monoisotopic (exact) mass is 606 g/mol. The number of nitrogens with one attached hydrogen (secondary N) is 1. The van der Waals surface area contributed by atoms with Crippen LogP contribution in [-0.4, -0.2) is 62.9 Å². The topological polar surface area (TPSA) is 122 Å². The molecular weight excluding hydrogens is 579 g/mol. The van der Waals surface area contributed by atoms with Gasteiger partial charge in [-0.1, -0.05) is 6.07 Å². The van der Waals surface area contributed by atoms with Gasteiger partial charge < -0.3 is 19.7 Å². The third-order valence-corrected chi connectivity index (χ3v) is 6.23. The summed E-state index contributed by atoms with van der Waals surface area (Å²) in [5, 5.41) is 16.2. The molecule has 0 saturated carbocycles. The molecule has 1 N–H and O–H groups in total. The summed E-state index contributed by atoms with van der Waals surface area (Å²) in [6.07, 6.45) is -1.67. The maximum Gasteiger partial charge on any atom is 0.416 e. The number of carbonyl (C=O) groups excluding carboxylic acids is 2. The van der Waals surface area contributed by atoms with E-state index < -0.39 is 54.5 Å². The number of benzene rings is 1. The van der Waals surface area contributed by atoms with Crippen molar-refractivity contribution >= 4 is 17.7 Å². The Hall–Kier alpha value is -4.74. The number of amides is 2. The molecule has 3 aromatic rings. The van der Waals surface area contributed by atoms with Crippen LogP contribution in [0.5, 0.6) is 5.75 Å². The molecular formula is C28H27F5N6O4. The van der Waals surface area contributed by atoms with Gasteiger partial charge in [0, 0.05) is 18.3 Å². The highest BCUT2D eigenvalue weighted by Gasteiger charge is 2.48. The second kappa shape index (κ2) is 11.9. The molecule has 10 nitrogen and oxygen atoms in total. The lowest BCUT2D eigenvalue weighted by molar-refractivity contribution is -0.137. The van der Waals surface area contributed by atoms with Crippen molar-refractivity contribution in [3.05, 3.63) is 60.0 Å². The van der Waals surface area contributed by atoms with Crippen molar-refractivity contribution in [1.29, 1.82) is 5.26 Å². The van der Waals surface area contributed by atoms with Crippen molar-refractivity contribution in [2.45, 2.75) is 50.9 Å². The Bertz CT molecular complexity index is 1540. The zero-order chi connectivity index (χ0) is 31.6. The summed E-state index contributed by atoms with van der Waals surface area (Å²) in [4.78, 5) is 29.7. The highest BCUT2D eigenvalue weighted by molar-refractivity contribution is 5.92. The van der Waals surface area contributed by atoms with Crippen LogP contribution >= 0.6 is 0 Å². The molecule has 1 fully saturated rings. The van der Waals surface area contributed by atoms with Crippen molar-refractivity contribution in [3.63, 3.8) is 0 Å². The number of aromatic nitrogens is 3. The third-order valence-electron chi connectivity index (χ3n) is 6.23. The fourth-order valence-corrected chi connectivity index (χ4v) is 4.32. The predicted octanol–water partition coefficient (Wildman–Crippen LogP) is 5.67. The van der Waals surface area contributed by atoms with E-state index in [0.29, 0.717) is 0 Å². The molecule has 228 valence electrons. The molecule has 2 aromatic heterocycles. The average molecular weight is 607 g/mol. The van der Waals surface area contributed by atoms with Crippen LogP contribution in [0.15, 0.2) is 48.9 Å². The van der Waals surface area contributed by atoms with Gasteiger partial charge in [0.2, 0.25) is 0 Å².